The molecule has 0 fully saturated rings. The Morgan fingerprint density at radius 1 is 1.31 bits per heavy atom. The Labute approximate surface area is 93.5 Å². The van der Waals surface area contributed by atoms with Crippen molar-refractivity contribution >= 4 is 0 Å². The van der Waals surface area contributed by atoms with Crippen LogP contribution in [-0.2, 0) is 6.42 Å². The third-order valence-corrected chi connectivity index (χ3v) is 3.22. The van der Waals surface area contributed by atoms with Gasteiger partial charge in [-0.15, -0.1) is 0 Å². The van der Waals surface area contributed by atoms with Crippen LogP contribution in [0, 0.1) is 6.92 Å². The zero-order chi connectivity index (χ0) is 11.8. The van der Waals surface area contributed by atoms with Crippen molar-refractivity contribution in [3.63, 3.8) is 0 Å². The summed E-state index contributed by atoms with van der Waals surface area (Å²) in [5.74, 6) is -0.330. The van der Waals surface area contributed by atoms with Crippen LogP contribution in [0.5, 0.6) is 0 Å². The van der Waals surface area contributed by atoms with Crippen molar-refractivity contribution in [3.05, 3.63) is 34.9 Å². The zero-order valence-electron chi connectivity index (χ0n) is 9.27. The monoisotopic (exact) mass is 228 g/mol. The van der Waals surface area contributed by atoms with Gasteiger partial charge in [0.1, 0.15) is 0 Å². The minimum atomic E-state index is -4.05. The van der Waals surface area contributed by atoms with Crippen LogP contribution in [0.15, 0.2) is 18.2 Å². The fraction of sp³-hybridized carbons (Fsp3) is 0.538. The maximum Gasteiger partial charge on any atom is 0.389 e. The first-order chi connectivity index (χ1) is 7.46. The van der Waals surface area contributed by atoms with E-state index in [1.165, 1.54) is 0 Å². The Bertz CT molecular complexity index is 379. The number of fused-ring (bicyclic) bond motifs is 1. The van der Waals surface area contributed by atoms with E-state index in [4.69, 9.17) is 0 Å². The fourth-order valence-electron chi connectivity index (χ4n) is 2.51. The molecule has 1 aliphatic carbocycles. The molecule has 1 aromatic rings. The summed E-state index contributed by atoms with van der Waals surface area (Å²) in [4.78, 5) is 0. The second kappa shape index (κ2) is 4.11. The van der Waals surface area contributed by atoms with Gasteiger partial charge in [-0.2, -0.15) is 13.2 Å². The summed E-state index contributed by atoms with van der Waals surface area (Å²) in [5, 5.41) is 0. The van der Waals surface area contributed by atoms with Gasteiger partial charge in [-0.1, -0.05) is 23.8 Å². The van der Waals surface area contributed by atoms with E-state index < -0.39 is 12.6 Å². The Hall–Kier alpha value is -0.990. The molecular weight excluding hydrogens is 213 g/mol. The summed E-state index contributed by atoms with van der Waals surface area (Å²) in [5.41, 5.74) is 3.07. The molecule has 0 aromatic heterocycles. The van der Waals surface area contributed by atoms with E-state index >= 15 is 0 Å². The zero-order valence-corrected chi connectivity index (χ0v) is 9.27. The lowest BCUT2D eigenvalue weighted by Crippen LogP contribution is -2.18. The molecule has 0 bridgehead atoms. The van der Waals surface area contributed by atoms with Crippen LogP contribution in [0.3, 0.4) is 0 Å². The van der Waals surface area contributed by atoms with E-state index in [-0.39, 0.29) is 5.92 Å². The van der Waals surface area contributed by atoms with Crippen LogP contribution in [-0.4, -0.2) is 6.18 Å². The Balaban J connectivity index is 2.28. The summed E-state index contributed by atoms with van der Waals surface area (Å²) < 4.78 is 37.3. The molecule has 0 aliphatic heterocycles. The van der Waals surface area contributed by atoms with Gasteiger partial charge in [0.15, 0.2) is 0 Å². The van der Waals surface area contributed by atoms with Gasteiger partial charge in [-0.3, -0.25) is 0 Å². The van der Waals surface area contributed by atoms with Crippen molar-refractivity contribution in [3.8, 4) is 0 Å². The first-order valence-electron chi connectivity index (χ1n) is 5.62. The smallest absolute Gasteiger partial charge is 0.171 e. The van der Waals surface area contributed by atoms with Gasteiger partial charge in [0.05, 0.1) is 6.42 Å². The summed E-state index contributed by atoms with van der Waals surface area (Å²) >= 11 is 0. The predicted molar refractivity (Wildman–Crippen MR) is 57.5 cm³/mol. The van der Waals surface area contributed by atoms with Crippen molar-refractivity contribution < 1.29 is 13.2 Å². The quantitative estimate of drug-likeness (QED) is 0.669. The number of aryl methyl sites for hydroxylation is 2. The lowest BCUT2D eigenvalue weighted by atomic mass is 9.80. The number of hydrogen-bond donors (Lipinski definition) is 0. The predicted octanol–water partition coefficient (Wildman–Crippen LogP) is 4.37. The standard InChI is InChI=1S/C13H15F3/c1-9-5-6-10-3-2-4-11(12(10)7-9)8-13(14,15)16/h5-7,11H,2-4,8H2,1H3. The molecule has 1 aliphatic rings. The molecule has 0 N–H and O–H groups in total. The minimum Gasteiger partial charge on any atom is -0.171 e. The van der Waals surface area contributed by atoms with Crippen LogP contribution < -0.4 is 0 Å². The number of benzene rings is 1. The van der Waals surface area contributed by atoms with Gasteiger partial charge in [0.25, 0.3) is 0 Å². The minimum absolute atomic E-state index is 0.330. The van der Waals surface area contributed by atoms with Crippen molar-refractivity contribution in [2.75, 3.05) is 0 Å². The second-order valence-corrected chi connectivity index (χ2v) is 4.61. The Morgan fingerprint density at radius 3 is 2.75 bits per heavy atom. The van der Waals surface area contributed by atoms with Gasteiger partial charge >= 0.3 is 6.18 Å². The SMILES string of the molecule is Cc1ccc2c(c1)C(CC(F)(F)F)CCC2. The van der Waals surface area contributed by atoms with Gasteiger partial charge in [-0.05, 0) is 43.2 Å². The molecule has 0 amide bonds. The third kappa shape index (κ3) is 2.57. The lowest BCUT2D eigenvalue weighted by molar-refractivity contribution is -0.139. The molecule has 0 saturated carbocycles. The maximum atomic E-state index is 12.4. The van der Waals surface area contributed by atoms with E-state index in [0.717, 1.165) is 29.5 Å². The van der Waals surface area contributed by atoms with Crippen molar-refractivity contribution in [2.24, 2.45) is 0 Å². The maximum absolute atomic E-state index is 12.4. The molecule has 3 heteroatoms. The molecular formula is C13H15F3. The molecule has 0 spiro atoms. The number of rotatable bonds is 1. The number of hydrogen-bond acceptors (Lipinski definition) is 0. The number of alkyl halides is 3. The fourth-order valence-corrected chi connectivity index (χ4v) is 2.51. The van der Waals surface area contributed by atoms with E-state index in [9.17, 15) is 13.2 Å². The Kier molecular flexibility index (Phi) is 2.96. The molecule has 1 unspecified atom stereocenters. The lowest BCUT2D eigenvalue weighted by Gasteiger charge is -2.26. The van der Waals surface area contributed by atoms with Crippen molar-refractivity contribution in [1.29, 1.82) is 0 Å². The molecule has 0 nitrogen and oxygen atoms in total. The highest BCUT2D eigenvalue weighted by Gasteiger charge is 2.34. The first kappa shape index (κ1) is 11.5. The first-order valence-corrected chi connectivity index (χ1v) is 5.62. The summed E-state index contributed by atoms with van der Waals surface area (Å²) in [6.45, 7) is 1.93. The third-order valence-electron chi connectivity index (χ3n) is 3.22. The average molecular weight is 228 g/mol. The summed E-state index contributed by atoms with van der Waals surface area (Å²) in [6.07, 6.45) is -2.27. The van der Waals surface area contributed by atoms with E-state index in [1.807, 2.05) is 25.1 Å². The molecule has 0 saturated heterocycles. The number of halogens is 3. The van der Waals surface area contributed by atoms with Gasteiger partial charge < -0.3 is 0 Å². The van der Waals surface area contributed by atoms with Crippen molar-refractivity contribution in [2.45, 2.75) is 44.7 Å². The van der Waals surface area contributed by atoms with Crippen LogP contribution in [0.25, 0.3) is 0 Å². The topological polar surface area (TPSA) is 0 Å². The second-order valence-electron chi connectivity index (χ2n) is 4.61. The van der Waals surface area contributed by atoms with Crippen LogP contribution in [0.2, 0.25) is 0 Å². The van der Waals surface area contributed by atoms with Gasteiger partial charge in [0.2, 0.25) is 0 Å². The molecule has 1 aromatic carbocycles. The largest absolute Gasteiger partial charge is 0.389 e. The average Bonchev–Trinajstić information content (AvgIpc) is 2.17. The van der Waals surface area contributed by atoms with E-state index in [0.29, 0.717) is 6.42 Å². The summed E-state index contributed by atoms with van der Waals surface area (Å²) in [6, 6.07) is 5.88. The molecule has 16 heavy (non-hydrogen) atoms. The van der Waals surface area contributed by atoms with Gasteiger partial charge in [0, 0.05) is 0 Å². The highest BCUT2D eigenvalue weighted by Crippen LogP contribution is 2.39. The van der Waals surface area contributed by atoms with Crippen LogP contribution in [0.4, 0.5) is 13.2 Å². The van der Waals surface area contributed by atoms with E-state index in [1.54, 1.807) is 0 Å². The highest BCUT2D eigenvalue weighted by molar-refractivity contribution is 5.36. The van der Waals surface area contributed by atoms with Crippen molar-refractivity contribution in [1.82, 2.24) is 0 Å². The molecule has 0 heterocycles. The van der Waals surface area contributed by atoms with Crippen LogP contribution in [0.1, 0.15) is 41.9 Å². The highest BCUT2D eigenvalue weighted by atomic mass is 19.4. The molecule has 2 rings (SSSR count). The molecule has 88 valence electrons. The molecule has 1 atom stereocenters. The Morgan fingerprint density at radius 2 is 2.06 bits per heavy atom. The molecule has 0 radical (unpaired) electrons. The van der Waals surface area contributed by atoms with Crippen LogP contribution >= 0.6 is 0 Å². The summed E-state index contributed by atoms with van der Waals surface area (Å²) in [7, 11) is 0. The normalized spacial score (nSPS) is 20.6. The van der Waals surface area contributed by atoms with Gasteiger partial charge in [-0.25, -0.2) is 0 Å². The van der Waals surface area contributed by atoms with E-state index in [2.05, 4.69) is 0 Å².